The van der Waals surface area contributed by atoms with Gasteiger partial charge in [-0.3, -0.25) is 4.79 Å². The summed E-state index contributed by atoms with van der Waals surface area (Å²) >= 11 is 0. The summed E-state index contributed by atoms with van der Waals surface area (Å²) < 4.78 is 15.1. The fourth-order valence-electron chi connectivity index (χ4n) is 1.72. The van der Waals surface area contributed by atoms with E-state index in [2.05, 4.69) is 5.32 Å². The van der Waals surface area contributed by atoms with Crippen LogP contribution in [0.1, 0.15) is 44.0 Å². The maximum Gasteiger partial charge on any atom is 0.407 e. The number of hydrogen-bond donors (Lipinski definition) is 1. The molecule has 0 bridgehead atoms. The van der Waals surface area contributed by atoms with Gasteiger partial charge < -0.3 is 19.2 Å². The topological polar surface area (TPSA) is 77.8 Å². The second kappa shape index (κ2) is 7.83. The van der Waals surface area contributed by atoms with Gasteiger partial charge in [-0.1, -0.05) is 0 Å². The quantitative estimate of drug-likeness (QED) is 0.783. The van der Waals surface area contributed by atoms with Gasteiger partial charge in [0.1, 0.15) is 11.9 Å². The van der Waals surface area contributed by atoms with E-state index in [-0.39, 0.29) is 18.2 Å². The van der Waals surface area contributed by atoms with Crippen molar-refractivity contribution in [1.29, 1.82) is 0 Å². The molecule has 0 spiro atoms. The van der Waals surface area contributed by atoms with Crippen LogP contribution in [0.5, 0.6) is 0 Å². The summed E-state index contributed by atoms with van der Waals surface area (Å²) in [5.74, 6) is -0.0964. The van der Waals surface area contributed by atoms with Crippen molar-refractivity contribution in [2.75, 3.05) is 13.7 Å². The smallest absolute Gasteiger partial charge is 0.407 e. The van der Waals surface area contributed by atoms with Gasteiger partial charge in [0.15, 0.2) is 5.78 Å². The molecule has 1 N–H and O–H groups in total. The van der Waals surface area contributed by atoms with Crippen LogP contribution in [0.4, 0.5) is 4.79 Å². The van der Waals surface area contributed by atoms with Crippen LogP contribution in [-0.2, 0) is 9.47 Å². The number of hydrogen-bond acceptors (Lipinski definition) is 5. The Kier molecular flexibility index (Phi) is 6.42. The number of ketones is 1. The van der Waals surface area contributed by atoms with E-state index in [0.717, 1.165) is 0 Å². The molecule has 6 heteroatoms. The van der Waals surface area contributed by atoms with Crippen LogP contribution in [0.2, 0.25) is 0 Å². The van der Waals surface area contributed by atoms with Gasteiger partial charge in [-0.15, -0.1) is 0 Å². The SMILES string of the molecule is COCCC(CC(=O)c1ccoc1)NC(=O)OC(C)(C)C. The van der Waals surface area contributed by atoms with Crippen molar-refractivity contribution in [2.24, 2.45) is 0 Å². The molecule has 6 nitrogen and oxygen atoms in total. The van der Waals surface area contributed by atoms with Crippen molar-refractivity contribution in [3.8, 4) is 0 Å². The molecule has 1 rings (SSSR count). The summed E-state index contributed by atoms with van der Waals surface area (Å²) in [6.07, 6.45) is 2.99. The van der Waals surface area contributed by atoms with Crippen molar-refractivity contribution in [3.63, 3.8) is 0 Å². The molecular formula is C15H23NO5. The van der Waals surface area contributed by atoms with Crippen LogP contribution in [-0.4, -0.2) is 37.2 Å². The molecule has 0 fully saturated rings. The van der Waals surface area contributed by atoms with Crippen LogP contribution in [0, 0.1) is 0 Å². The standard InChI is InChI=1S/C15H23NO5/c1-15(2,3)21-14(18)16-12(6-7-19-4)9-13(17)11-5-8-20-10-11/h5,8,10,12H,6-7,9H2,1-4H3,(H,16,18). The predicted octanol–water partition coefficient (Wildman–Crippen LogP) is 2.78. The van der Waals surface area contributed by atoms with Crippen LogP contribution in [0.25, 0.3) is 0 Å². The molecular weight excluding hydrogens is 274 g/mol. The Hall–Kier alpha value is -1.82. The van der Waals surface area contributed by atoms with Crippen molar-refractivity contribution in [1.82, 2.24) is 5.32 Å². The highest BCUT2D eigenvalue weighted by molar-refractivity contribution is 5.96. The Morgan fingerprint density at radius 1 is 1.38 bits per heavy atom. The highest BCUT2D eigenvalue weighted by Crippen LogP contribution is 2.11. The third-order valence-corrected chi connectivity index (χ3v) is 2.67. The minimum atomic E-state index is -0.579. The second-order valence-electron chi connectivity index (χ2n) is 5.76. The lowest BCUT2D eigenvalue weighted by atomic mass is 10.0. The Morgan fingerprint density at radius 3 is 2.62 bits per heavy atom. The first-order valence-electron chi connectivity index (χ1n) is 6.85. The third kappa shape index (κ3) is 6.94. The predicted molar refractivity (Wildman–Crippen MR) is 77.3 cm³/mol. The Bertz CT molecular complexity index is 447. The first-order valence-corrected chi connectivity index (χ1v) is 6.85. The molecule has 1 amide bonds. The largest absolute Gasteiger partial charge is 0.472 e. The first kappa shape index (κ1) is 17.2. The number of amides is 1. The van der Waals surface area contributed by atoms with Gasteiger partial charge in [0.25, 0.3) is 0 Å². The highest BCUT2D eigenvalue weighted by Gasteiger charge is 2.22. The molecule has 0 aliphatic heterocycles. The number of carbonyl (C=O) groups is 2. The Labute approximate surface area is 124 Å². The second-order valence-corrected chi connectivity index (χ2v) is 5.76. The minimum Gasteiger partial charge on any atom is -0.472 e. The summed E-state index contributed by atoms with van der Waals surface area (Å²) in [7, 11) is 1.57. The van der Waals surface area contributed by atoms with Gasteiger partial charge in [-0.05, 0) is 33.3 Å². The maximum atomic E-state index is 12.1. The Morgan fingerprint density at radius 2 is 2.10 bits per heavy atom. The zero-order valence-electron chi connectivity index (χ0n) is 13.0. The lowest BCUT2D eigenvalue weighted by Gasteiger charge is -2.23. The van der Waals surface area contributed by atoms with Gasteiger partial charge in [0.05, 0.1) is 11.8 Å². The fraction of sp³-hybridized carbons (Fsp3) is 0.600. The van der Waals surface area contributed by atoms with E-state index in [9.17, 15) is 9.59 Å². The molecule has 1 unspecified atom stereocenters. The van der Waals surface area contributed by atoms with E-state index in [0.29, 0.717) is 18.6 Å². The molecule has 1 aromatic rings. The summed E-state index contributed by atoms with van der Waals surface area (Å²) in [6, 6.07) is 1.26. The molecule has 0 saturated carbocycles. The summed E-state index contributed by atoms with van der Waals surface area (Å²) in [5.41, 5.74) is -0.0896. The molecule has 0 radical (unpaired) electrons. The van der Waals surface area contributed by atoms with Gasteiger partial charge in [-0.25, -0.2) is 4.79 Å². The van der Waals surface area contributed by atoms with Crippen molar-refractivity contribution < 1.29 is 23.5 Å². The minimum absolute atomic E-state index is 0.0964. The summed E-state index contributed by atoms with van der Waals surface area (Å²) in [6.45, 7) is 5.80. The molecule has 1 atom stereocenters. The van der Waals surface area contributed by atoms with E-state index in [1.165, 1.54) is 12.5 Å². The molecule has 1 aromatic heterocycles. The van der Waals surface area contributed by atoms with Gasteiger partial charge in [0, 0.05) is 26.2 Å². The lowest BCUT2D eigenvalue weighted by Crippen LogP contribution is -2.40. The van der Waals surface area contributed by atoms with Crippen LogP contribution < -0.4 is 5.32 Å². The molecule has 0 aliphatic carbocycles. The molecule has 1 heterocycles. The van der Waals surface area contributed by atoms with Crippen LogP contribution >= 0.6 is 0 Å². The molecule has 118 valence electrons. The number of ether oxygens (including phenoxy) is 2. The summed E-state index contributed by atoms with van der Waals surface area (Å²) in [5, 5.41) is 2.71. The maximum absolute atomic E-state index is 12.1. The van der Waals surface area contributed by atoms with Gasteiger partial charge >= 0.3 is 6.09 Å². The van der Waals surface area contributed by atoms with E-state index >= 15 is 0 Å². The number of rotatable bonds is 7. The highest BCUT2D eigenvalue weighted by atomic mass is 16.6. The average Bonchev–Trinajstić information content (AvgIpc) is 2.87. The van der Waals surface area contributed by atoms with Crippen molar-refractivity contribution in [2.45, 2.75) is 45.3 Å². The van der Waals surface area contributed by atoms with Crippen LogP contribution in [0.3, 0.4) is 0 Å². The van der Waals surface area contributed by atoms with Crippen molar-refractivity contribution in [3.05, 3.63) is 24.2 Å². The summed E-state index contributed by atoms with van der Waals surface area (Å²) in [4.78, 5) is 23.8. The third-order valence-electron chi connectivity index (χ3n) is 2.67. The van der Waals surface area contributed by atoms with Gasteiger partial charge in [-0.2, -0.15) is 0 Å². The van der Waals surface area contributed by atoms with E-state index < -0.39 is 11.7 Å². The van der Waals surface area contributed by atoms with Crippen LogP contribution in [0.15, 0.2) is 23.0 Å². The average molecular weight is 297 g/mol. The van der Waals surface area contributed by atoms with Gasteiger partial charge in [0.2, 0.25) is 0 Å². The lowest BCUT2D eigenvalue weighted by molar-refractivity contribution is 0.0490. The fourth-order valence-corrected chi connectivity index (χ4v) is 1.72. The number of carbonyl (C=O) groups excluding carboxylic acids is 2. The number of alkyl carbamates (subject to hydrolysis) is 1. The zero-order valence-corrected chi connectivity index (χ0v) is 13.0. The van der Waals surface area contributed by atoms with E-state index in [4.69, 9.17) is 13.9 Å². The van der Waals surface area contributed by atoms with E-state index in [1.807, 2.05) is 0 Å². The molecule has 21 heavy (non-hydrogen) atoms. The monoisotopic (exact) mass is 297 g/mol. The number of furan rings is 1. The van der Waals surface area contributed by atoms with E-state index in [1.54, 1.807) is 33.9 Å². The normalized spacial score (nSPS) is 12.8. The number of nitrogens with one attached hydrogen (secondary N) is 1. The number of methoxy groups -OCH3 is 1. The Balaban J connectivity index is 2.58. The molecule has 0 aromatic carbocycles. The molecule has 0 aliphatic rings. The van der Waals surface area contributed by atoms with Crippen molar-refractivity contribution >= 4 is 11.9 Å². The number of Topliss-reactive ketones (excluding diaryl/α,β-unsaturated/α-hetero) is 1. The first-order chi connectivity index (χ1) is 9.81. The zero-order chi connectivity index (χ0) is 15.9. The molecule has 0 saturated heterocycles.